The largest absolute Gasteiger partial charge is 0.409 e. The molecule has 1 atom stereocenters. The van der Waals surface area contributed by atoms with E-state index in [4.69, 9.17) is 15.7 Å². The Balaban J connectivity index is 2.91. The van der Waals surface area contributed by atoms with Gasteiger partial charge in [-0.05, 0) is 13.0 Å². The molecule has 1 unspecified atom stereocenters. The van der Waals surface area contributed by atoms with Crippen LogP contribution in [0.5, 0.6) is 0 Å². The van der Waals surface area contributed by atoms with Crippen LogP contribution in [0.2, 0.25) is 0 Å². The number of nitrogens with zero attached hydrogens (tertiary/aromatic N) is 4. The van der Waals surface area contributed by atoms with E-state index in [0.717, 1.165) is 0 Å². The molecule has 0 amide bonds. The van der Waals surface area contributed by atoms with E-state index in [-0.39, 0.29) is 11.9 Å². The zero-order chi connectivity index (χ0) is 12.8. The van der Waals surface area contributed by atoms with Crippen LogP contribution >= 0.6 is 0 Å². The van der Waals surface area contributed by atoms with Gasteiger partial charge in [0.2, 0.25) is 5.95 Å². The smallest absolute Gasteiger partial charge is 0.226 e. The average Bonchev–Trinajstić information content (AvgIpc) is 2.37. The van der Waals surface area contributed by atoms with Crippen LogP contribution in [0.3, 0.4) is 0 Å². The van der Waals surface area contributed by atoms with Crippen molar-refractivity contribution >= 4 is 11.8 Å². The molecular weight excluding hydrogens is 222 g/mol. The van der Waals surface area contributed by atoms with Crippen LogP contribution in [0.15, 0.2) is 17.4 Å². The van der Waals surface area contributed by atoms with Crippen LogP contribution in [-0.4, -0.2) is 47.8 Å². The third-order valence-corrected chi connectivity index (χ3v) is 2.40. The van der Waals surface area contributed by atoms with Crippen molar-refractivity contribution in [3.05, 3.63) is 18.0 Å². The SMILES string of the molecule is COCC(C)N(C)c1nccc(/C(N)=N/O)n1. The highest BCUT2D eigenvalue weighted by atomic mass is 16.5. The molecule has 1 aromatic heterocycles. The molecular formula is C10H17N5O2. The van der Waals surface area contributed by atoms with Crippen molar-refractivity contribution < 1.29 is 9.94 Å². The Morgan fingerprint density at radius 1 is 1.71 bits per heavy atom. The van der Waals surface area contributed by atoms with Gasteiger partial charge in [0.1, 0.15) is 5.69 Å². The maximum atomic E-state index is 8.58. The molecule has 17 heavy (non-hydrogen) atoms. The number of ether oxygens (including phenoxy) is 1. The van der Waals surface area contributed by atoms with Gasteiger partial charge in [0, 0.05) is 20.4 Å². The third-order valence-electron chi connectivity index (χ3n) is 2.40. The lowest BCUT2D eigenvalue weighted by molar-refractivity contribution is 0.183. The molecule has 0 aromatic carbocycles. The Bertz CT molecular complexity index is 396. The summed E-state index contributed by atoms with van der Waals surface area (Å²) in [6, 6.07) is 1.70. The van der Waals surface area contributed by atoms with Crippen molar-refractivity contribution in [3.8, 4) is 0 Å². The van der Waals surface area contributed by atoms with Gasteiger partial charge >= 0.3 is 0 Å². The van der Waals surface area contributed by atoms with Gasteiger partial charge in [0.15, 0.2) is 5.84 Å². The van der Waals surface area contributed by atoms with Crippen molar-refractivity contribution in [2.24, 2.45) is 10.9 Å². The fourth-order valence-electron chi connectivity index (χ4n) is 1.26. The predicted octanol–water partition coefficient (Wildman–Crippen LogP) is 0.0422. The summed E-state index contributed by atoms with van der Waals surface area (Å²) < 4.78 is 5.06. The summed E-state index contributed by atoms with van der Waals surface area (Å²) in [5.41, 5.74) is 5.85. The first-order chi connectivity index (χ1) is 8.10. The summed E-state index contributed by atoms with van der Waals surface area (Å²) >= 11 is 0. The maximum absolute atomic E-state index is 8.58. The van der Waals surface area contributed by atoms with Crippen LogP contribution in [0, 0.1) is 0 Å². The first-order valence-corrected chi connectivity index (χ1v) is 5.12. The van der Waals surface area contributed by atoms with Gasteiger partial charge in [0.25, 0.3) is 0 Å². The summed E-state index contributed by atoms with van der Waals surface area (Å²) in [5, 5.41) is 11.5. The van der Waals surface area contributed by atoms with Crippen molar-refractivity contribution in [2.75, 3.05) is 25.7 Å². The van der Waals surface area contributed by atoms with Gasteiger partial charge in [-0.25, -0.2) is 9.97 Å². The number of anilines is 1. The van der Waals surface area contributed by atoms with Crippen LogP contribution in [0.4, 0.5) is 5.95 Å². The number of hydrogen-bond acceptors (Lipinski definition) is 6. The lowest BCUT2D eigenvalue weighted by Gasteiger charge is -2.24. The molecule has 1 heterocycles. The maximum Gasteiger partial charge on any atom is 0.226 e. The van der Waals surface area contributed by atoms with E-state index in [9.17, 15) is 0 Å². The summed E-state index contributed by atoms with van der Waals surface area (Å²) in [7, 11) is 3.49. The molecule has 0 aliphatic heterocycles. The number of rotatable bonds is 5. The molecule has 1 aromatic rings. The number of nitrogens with two attached hydrogens (primary N) is 1. The highest BCUT2D eigenvalue weighted by Gasteiger charge is 2.13. The Morgan fingerprint density at radius 2 is 2.41 bits per heavy atom. The zero-order valence-corrected chi connectivity index (χ0v) is 10.2. The van der Waals surface area contributed by atoms with Crippen LogP contribution < -0.4 is 10.6 Å². The topological polar surface area (TPSA) is 96.9 Å². The minimum atomic E-state index is -0.0403. The number of hydrogen-bond donors (Lipinski definition) is 2. The number of methoxy groups -OCH3 is 1. The third kappa shape index (κ3) is 3.28. The standard InChI is InChI=1S/C10H17N5O2/c1-7(6-17-3)15(2)10-12-5-4-8(13-10)9(11)14-16/h4-5,7,16H,6H2,1-3H3,(H2,11,14). The minimum Gasteiger partial charge on any atom is -0.409 e. The Hall–Kier alpha value is -1.89. The lowest BCUT2D eigenvalue weighted by Crippen LogP contribution is -2.34. The molecule has 0 saturated carbocycles. The second kappa shape index (κ2) is 6.00. The molecule has 0 aliphatic carbocycles. The fraction of sp³-hybridized carbons (Fsp3) is 0.500. The Morgan fingerprint density at radius 3 is 3.00 bits per heavy atom. The Kier molecular flexibility index (Phi) is 4.65. The van der Waals surface area contributed by atoms with Gasteiger partial charge in [-0.1, -0.05) is 5.16 Å². The van der Waals surface area contributed by atoms with E-state index < -0.39 is 0 Å². The van der Waals surface area contributed by atoms with E-state index in [2.05, 4.69) is 15.1 Å². The summed E-state index contributed by atoms with van der Waals surface area (Å²) in [5.74, 6) is 0.458. The van der Waals surface area contributed by atoms with E-state index in [1.807, 2.05) is 18.9 Å². The van der Waals surface area contributed by atoms with Crippen LogP contribution in [-0.2, 0) is 4.74 Å². The van der Waals surface area contributed by atoms with E-state index in [0.29, 0.717) is 18.2 Å². The molecule has 0 bridgehead atoms. The first kappa shape index (κ1) is 13.2. The van der Waals surface area contributed by atoms with Crippen molar-refractivity contribution in [1.29, 1.82) is 0 Å². The zero-order valence-electron chi connectivity index (χ0n) is 10.2. The van der Waals surface area contributed by atoms with E-state index in [1.165, 1.54) is 0 Å². The van der Waals surface area contributed by atoms with E-state index in [1.54, 1.807) is 19.4 Å². The highest BCUT2D eigenvalue weighted by Crippen LogP contribution is 2.09. The predicted molar refractivity (Wildman–Crippen MR) is 64.3 cm³/mol. The van der Waals surface area contributed by atoms with Gasteiger partial charge in [0.05, 0.1) is 12.6 Å². The summed E-state index contributed by atoms with van der Waals surface area (Å²) in [6.45, 7) is 2.55. The van der Waals surface area contributed by atoms with E-state index >= 15 is 0 Å². The molecule has 0 radical (unpaired) electrons. The second-order valence-electron chi connectivity index (χ2n) is 3.64. The quantitative estimate of drug-likeness (QED) is 0.326. The van der Waals surface area contributed by atoms with Crippen molar-refractivity contribution in [3.63, 3.8) is 0 Å². The normalized spacial score (nSPS) is 13.5. The monoisotopic (exact) mass is 239 g/mol. The van der Waals surface area contributed by atoms with Crippen molar-refractivity contribution in [1.82, 2.24) is 9.97 Å². The first-order valence-electron chi connectivity index (χ1n) is 5.12. The van der Waals surface area contributed by atoms with Crippen LogP contribution in [0.25, 0.3) is 0 Å². The average molecular weight is 239 g/mol. The molecule has 0 aliphatic rings. The number of oxime groups is 1. The molecule has 0 saturated heterocycles. The molecule has 7 nitrogen and oxygen atoms in total. The molecule has 7 heteroatoms. The van der Waals surface area contributed by atoms with Gasteiger partial charge < -0.3 is 20.6 Å². The minimum absolute atomic E-state index is 0.0403. The summed E-state index contributed by atoms with van der Waals surface area (Å²) in [6.07, 6.45) is 1.56. The molecule has 0 spiro atoms. The van der Waals surface area contributed by atoms with Crippen molar-refractivity contribution in [2.45, 2.75) is 13.0 Å². The molecule has 3 N–H and O–H groups in total. The van der Waals surface area contributed by atoms with Crippen LogP contribution in [0.1, 0.15) is 12.6 Å². The second-order valence-corrected chi connectivity index (χ2v) is 3.64. The van der Waals surface area contributed by atoms with Gasteiger partial charge in [-0.15, -0.1) is 0 Å². The fourth-order valence-corrected chi connectivity index (χ4v) is 1.26. The molecule has 1 rings (SSSR count). The molecule has 94 valence electrons. The number of aromatic nitrogens is 2. The number of amidine groups is 1. The van der Waals surface area contributed by atoms with Gasteiger partial charge in [-0.2, -0.15) is 0 Å². The lowest BCUT2D eigenvalue weighted by atomic mass is 10.3. The summed E-state index contributed by atoms with van der Waals surface area (Å²) in [4.78, 5) is 10.2. The Labute approximate surface area is 99.9 Å². The van der Waals surface area contributed by atoms with Gasteiger partial charge in [-0.3, -0.25) is 0 Å². The highest BCUT2D eigenvalue weighted by molar-refractivity contribution is 5.95. The number of likely N-dealkylation sites (N-methyl/N-ethyl adjacent to an activating group) is 1. The molecule has 0 fully saturated rings.